The number of hydrogen-bond acceptors (Lipinski definition) is 0. The van der Waals surface area contributed by atoms with E-state index in [-0.39, 0.29) is 43.9 Å². The molecule has 0 heterocycles. The molecule has 0 aliphatic rings. The van der Waals surface area contributed by atoms with Crippen LogP contribution in [0.1, 0.15) is 0 Å². The van der Waals surface area contributed by atoms with Crippen LogP contribution in [0.15, 0.2) is 0 Å². The molecule has 0 aromatic carbocycles. The zero-order valence-corrected chi connectivity index (χ0v) is 3.55. The Kier molecular flexibility index (Phi) is 1190. The first-order valence-corrected chi connectivity index (χ1v) is 0. The third kappa shape index (κ3) is 13.9. The fraction of sp³-hybridized carbons (Fsp3) is 0. The molecule has 0 atom stereocenters. The molecule has 0 aliphatic carbocycles. The van der Waals surface area contributed by atoms with Gasteiger partial charge in [-0.2, -0.15) is 0 Å². The van der Waals surface area contributed by atoms with Crippen molar-refractivity contribution in [2.75, 3.05) is 0 Å². The second-order valence-electron chi connectivity index (χ2n) is 0. The van der Waals surface area contributed by atoms with Gasteiger partial charge in [-0.1, -0.05) is 0 Å². The average molecular weight is 117 g/mol. The molecule has 0 spiro atoms. The van der Waals surface area contributed by atoms with Crippen molar-refractivity contribution in [3.63, 3.8) is 0 Å². The molecule has 0 aromatic rings. The number of rotatable bonds is 0. The van der Waals surface area contributed by atoms with Crippen LogP contribution in [-0.4, -0.2) is 0 Å². The molecule has 0 fully saturated rings. The summed E-state index contributed by atoms with van der Waals surface area (Å²) in [5.41, 5.74) is 0. The molecule has 0 amide bonds. The van der Waals surface area contributed by atoms with Gasteiger partial charge in [-0.15, -0.1) is 0 Å². The summed E-state index contributed by atoms with van der Waals surface area (Å²) in [5, 5.41) is 0. The van der Waals surface area contributed by atoms with E-state index in [1.807, 2.05) is 0 Å². The van der Waals surface area contributed by atoms with Crippen LogP contribution in [0.4, 0.5) is 0 Å². The molecule has 3 heteroatoms. The summed E-state index contributed by atoms with van der Waals surface area (Å²) in [7, 11) is 0. The van der Waals surface area contributed by atoms with E-state index in [0.29, 0.717) is 0 Å². The van der Waals surface area contributed by atoms with Gasteiger partial charge in [0, 0.05) is 43.9 Å². The van der Waals surface area contributed by atoms with E-state index >= 15 is 0 Å². The second-order valence-corrected chi connectivity index (χ2v) is 0. The summed E-state index contributed by atoms with van der Waals surface area (Å²) in [5.74, 6) is 0. The summed E-state index contributed by atoms with van der Waals surface area (Å²) in [6.45, 7) is 0. The van der Waals surface area contributed by atoms with Crippen LogP contribution in [0.5, 0.6) is 0 Å². The zero-order chi connectivity index (χ0) is 0. The van der Waals surface area contributed by atoms with Crippen molar-refractivity contribution in [2.24, 2.45) is 0 Å². The van der Waals surface area contributed by atoms with E-state index in [1.54, 1.807) is 0 Å². The summed E-state index contributed by atoms with van der Waals surface area (Å²) in [6, 6.07) is 0. The molecule has 0 N–H and O–H groups in total. The van der Waals surface area contributed by atoms with Crippen molar-refractivity contribution in [2.45, 2.75) is 0 Å². The van der Waals surface area contributed by atoms with Crippen LogP contribution < -0.4 is 6.15 Å². The second kappa shape index (κ2) is 45.4. The Morgan fingerprint density at radius 2 is 1.00 bits per heavy atom. The van der Waals surface area contributed by atoms with Gasteiger partial charge in [-0.25, -0.2) is 0 Å². The standard InChI is InChI=1S/C.Co.N.S. The van der Waals surface area contributed by atoms with Gasteiger partial charge in [0.25, 0.3) is 0 Å². The van der Waals surface area contributed by atoms with Crippen molar-refractivity contribution < 1.29 is 16.8 Å². The molecule has 0 bridgehead atoms. The largest absolute Gasteiger partial charge is 0 e. The van der Waals surface area contributed by atoms with Crippen LogP contribution in [0.25, 0.3) is 0 Å². The molecule has 0 rings (SSSR count). The first kappa shape index (κ1) is 105. The van der Waals surface area contributed by atoms with Crippen LogP contribution in [0.3, 0.4) is 0 Å². The SMILES string of the molecule is [C].[Co].[N].[S]. The minimum absolute atomic E-state index is 0. The van der Waals surface area contributed by atoms with Gasteiger partial charge in [0.2, 0.25) is 0 Å². The van der Waals surface area contributed by atoms with Gasteiger partial charge in [-0.3, -0.25) is 0 Å². The van der Waals surface area contributed by atoms with Gasteiger partial charge in [-0.05, 0) is 0 Å². The molecule has 0 saturated heterocycles. The molecule has 4 heavy (non-hydrogen) atoms. The third-order valence-corrected chi connectivity index (χ3v) is 0. The van der Waals surface area contributed by atoms with Crippen molar-refractivity contribution in [3.8, 4) is 0 Å². The van der Waals surface area contributed by atoms with E-state index in [1.165, 1.54) is 0 Å². The van der Waals surface area contributed by atoms with E-state index in [4.69, 9.17) is 0 Å². The van der Waals surface area contributed by atoms with E-state index in [9.17, 15) is 0 Å². The van der Waals surface area contributed by atoms with Gasteiger partial charge >= 0.3 is 0 Å². The molecule has 0 saturated carbocycles. The van der Waals surface area contributed by atoms with Crippen molar-refractivity contribution >= 4 is 13.5 Å². The fourth-order valence-corrected chi connectivity index (χ4v) is 0. The Bertz CT molecular complexity index is 8.00. The quantitative estimate of drug-likeness (QED) is 0.435. The van der Waals surface area contributed by atoms with E-state index in [0.717, 1.165) is 0 Å². The summed E-state index contributed by atoms with van der Waals surface area (Å²) in [6.07, 6.45) is 0. The maximum atomic E-state index is 0. The molecular weight excluding hydrogens is 117 g/mol. The smallest absolute Gasteiger partial charge is 0 e. The molecule has 0 aliphatic heterocycles. The third-order valence-electron chi connectivity index (χ3n) is 0. The van der Waals surface area contributed by atoms with Crippen LogP contribution in [0, 0.1) is 7.43 Å². The van der Waals surface area contributed by atoms with Crippen LogP contribution in [0.2, 0.25) is 0 Å². The summed E-state index contributed by atoms with van der Waals surface area (Å²) < 4.78 is 0. The van der Waals surface area contributed by atoms with Gasteiger partial charge in [0.15, 0.2) is 0 Å². The average Bonchev–Trinajstić information content (AvgIpc) is 0. The predicted molar refractivity (Wildman–Crippen MR) is 13.0 cm³/mol. The first-order valence-electron chi connectivity index (χ1n) is 0. The maximum Gasteiger partial charge on any atom is 0 e. The number of hydrogen-bond donors (Lipinski definition) is 0. The molecule has 10 radical (unpaired) electrons. The molecule has 1 nitrogen and oxygen atoms in total. The van der Waals surface area contributed by atoms with Gasteiger partial charge in [0.1, 0.15) is 0 Å². The topological polar surface area (TPSA) is 30.5 Å². The molecule has 0 aromatic heterocycles. The first-order chi connectivity index (χ1) is 0. The molecule has 0 unspecified atom stereocenters. The van der Waals surface area contributed by atoms with E-state index < -0.39 is 0 Å². The van der Waals surface area contributed by atoms with Crippen molar-refractivity contribution in [3.05, 3.63) is 7.43 Å². The minimum atomic E-state index is 0. The van der Waals surface area contributed by atoms with Gasteiger partial charge < -0.3 is 0 Å². The summed E-state index contributed by atoms with van der Waals surface area (Å²) >= 11 is 0. The monoisotopic (exact) mass is 117 g/mol. The van der Waals surface area contributed by atoms with Crippen LogP contribution in [-0.2, 0) is 16.8 Å². The Hall–Kier alpha value is 0.816. The minimum Gasteiger partial charge on any atom is 0 e. The van der Waals surface area contributed by atoms with Crippen LogP contribution >= 0.6 is 13.5 Å². The Morgan fingerprint density at radius 3 is 1.00 bits per heavy atom. The van der Waals surface area contributed by atoms with Gasteiger partial charge in [0.05, 0.1) is 0 Å². The van der Waals surface area contributed by atoms with E-state index in [2.05, 4.69) is 0 Å². The van der Waals surface area contributed by atoms with Crippen molar-refractivity contribution in [1.29, 1.82) is 0 Å². The zero-order valence-electron chi connectivity index (χ0n) is 1.69. The van der Waals surface area contributed by atoms with Crippen molar-refractivity contribution in [1.82, 2.24) is 6.15 Å². The normalized spacial score (nSPS) is 0. The Labute approximate surface area is 44.4 Å². The molecule has 24 valence electrons. The maximum absolute atomic E-state index is 0. The summed E-state index contributed by atoms with van der Waals surface area (Å²) in [4.78, 5) is 0. The fourth-order valence-electron chi connectivity index (χ4n) is 0. The predicted octanol–water partition coefficient (Wildman–Crippen LogP) is 0.246. The Balaban J connectivity index is 0. The number of nitrogens with zero attached hydrogens (tertiary/aromatic N) is 1. The molecular formula is CCoNS. The Morgan fingerprint density at radius 1 is 1.00 bits per heavy atom.